The first-order valence-electron chi connectivity index (χ1n) is 15.2. The maximum absolute atomic E-state index is 12.7. The second-order valence-corrected chi connectivity index (χ2v) is 25.0. The molecule has 0 aliphatic heterocycles. The molecular formula is C34H62O4Si2. The zero-order valence-corrected chi connectivity index (χ0v) is 30.7. The molecule has 0 bridgehead atoms. The Morgan fingerprint density at radius 2 is 1.57 bits per heavy atom. The molecule has 0 saturated carbocycles. The summed E-state index contributed by atoms with van der Waals surface area (Å²) in [5.74, 6) is 0.856. The van der Waals surface area contributed by atoms with E-state index in [9.17, 15) is 4.79 Å². The van der Waals surface area contributed by atoms with Crippen molar-refractivity contribution in [2.24, 2.45) is 11.3 Å². The van der Waals surface area contributed by atoms with Gasteiger partial charge in [-0.05, 0) is 71.2 Å². The van der Waals surface area contributed by atoms with Gasteiger partial charge in [-0.25, -0.2) is 0 Å². The normalized spacial score (nSPS) is 21.4. The lowest BCUT2D eigenvalue weighted by atomic mass is 9.61. The summed E-state index contributed by atoms with van der Waals surface area (Å²) in [7, 11) is -2.39. The van der Waals surface area contributed by atoms with Crippen LogP contribution in [0, 0.1) is 11.3 Å². The molecule has 1 aliphatic rings. The van der Waals surface area contributed by atoms with Crippen molar-refractivity contribution < 1.29 is 18.4 Å². The van der Waals surface area contributed by atoms with Gasteiger partial charge in [-0.3, -0.25) is 4.79 Å². The third-order valence-electron chi connectivity index (χ3n) is 10.1. The molecule has 4 nitrogen and oxygen atoms in total. The topological polar surface area (TPSA) is 44.8 Å². The highest BCUT2D eigenvalue weighted by Crippen LogP contribution is 2.51. The van der Waals surface area contributed by atoms with E-state index >= 15 is 0 Å². The molecule has 1 rings (SSSR count). The zero-order valence-electron chi connectivity index (χ0n) is 28.7. The van der Waals surface area contributed by atoms with Crippen molar-refractivity contribution in [1.29, 1.82) is 0 Å². The molecule has 0 aromatic rings. The summed E-state index contributed by atoms with van der Waals surface area (Å²) < 4.78 is 20.0. The van der Waals surface area contributed by atoms with Crippen LogP contribution in [0.2, 0.25) is 34.8 Å². The fraction of sp³-hybridized carbons (Fsp3) is 0.735. The van der Waals surface area contributed by atoms with Gasteiger partial charge in [-0.2, -0.15) is 0 Å². The first-order chi connectivity index (χ1) is 18.1. The van der Waals surface area contributed by atoms with E-state index in [1.54, 1.807) is 7.11 Å². The van der Waals surface area contributed by atoms with Gasteiger partial charge in [0.25, 0.3) is 8.32 Å². The van der Waals surface area contributed by atoms with Gasteiger partial charge >= 0.3 is 0 Å². The van der Waals surface area contributed by atoms with Gasteiger partial charge in [0.1, 0.15) is 0 Å². The molecule has 0 aromatic heterocycles. The maximum atomic E-state index is 12.7. The van der Waals surface area contributed by atoms with Gasteiger partial charge in [0.15, 0.2) is 14.1 Å². The van der Waals surface area contributed by atoms with Crippen molar-refractivity contribution >= 4 is 22.4 Å². The minimum atomic E-state index is -2.10. The molecule has 0 heterocycles. The number of carbonyl (C=O) groups is 1. The molecule has 230 valence electrons. The number of hydrogen-bond donors (Lipinski definition) is 0. The van der Waals surface area contributed by atoms with E-state index in [-0.39, 0.29) is 34.4 Å². The highest BCUT2D eigenvalue weighted by molar-refractivity contribution is 6.78. The molecular weight excluding hydrogens is 529 g/mol. The number of hydrogen-bond acceptors (Lipinski definition) is 4. The Morgan fingerprint density at radius 3 is 1.98 bits per heavy atom. The van der Waals surface area contributed by atoms with E-state index < -0.39 is 16.6 Å². The number of carbonyl (C=O) groups excluding carboxylic acids is 1. The zero-order chi connectivity index (χ0) is 31.4. The Balaban J connectivity index is 3.51. The van der Waals surface area contributed by atoms with Crippen LogP contribution in [0.15, 0.2) is 48.3 Å². The molecule has 0 unspecified atom stereocenters. The molecule has 0 saturated heterocycles. The molecule has 0 aromatic carbocycles. The van der Waals surface area contributed by atoms with Crippen LogP contribution in [0.4, 0.5) is 0 Å². The van der Waals surface area contributed by atoms with Crippen LogP contribution >= 0.6 is 0 Å². The Kier molecular flexibility index (Phi) is 12.7. The molecule has 0 spiro atoms. The van der Waals surface area contributed by atoms with E-state index in [1.807, 2.05) is 6.08 Å². The number of ether oxygens (including phenoxy) is 1. The first kappa shape index (κ1) is 36.8. The van der Waals surface area contributed by atoms with Crippen molar-refractivity contribution in [1.82, 2.24) is 0 Å². The van der Waals surface area contributed by atoms with E-state index in [0.717, 1.165) is 12.0 Å². The molecule has 0 fully saturated rings. The van der Waals surface area contributed by atoms with Crippen molar-refractivity contribution in [2.75, 3.05) is 7.11 Å². The molecule has 0 radical (unpaired) electrons. The summed E-state index contributed by atoms with van der Waals surface area (Å²) in [6, 6.07) is 0. The number of allylic oxidation sites excluding steroid dienone is 3. The highest BCUT2D eigenvalue weighted by atomic mass is 28.4. The highest BCUT2D eigenvalue weighted by Gasteiger charge is 2.49. The number of ketones is 1. The quantitative estimate of drug-likeness (QED) is 0.0664. The summed E-state index contributed by atoms with van der Waals surface area (Å²) in [6.07, 6.45) is 6.52. The molecule has 40 heavy (non-hydrogen) atoms. The predicted octanol–water partition coefficient (Wildman–Crippen LogP) is 10.2. The summed E-state index contributed by atoms with van der Waals surface area (Å²) in [6.45, 7) is 39.8. The lowest BCUT2D eigenvalue weighted by Gasteiger charge is -2.49. The van der Waals surface area contributed by atoms with Gasteiger partial charge in [-0.1, -0.05) is 101 Å². The van der Waals surface area contributed by atoms with Crippen molar-refractivity contribution in [3.05, 3.63) is 48.3 Å². The second-order valence-electron chi connectivity index (χ2n) is 14.9. The van der Waals surface area contributed by atoms with E-state index in [0.29, 0.717) is 28.8 Å². The first-order valence-corrected chi connectivity index (χ1v) is 20.3. The lowest BCUT2D eigenvalue weighted by Crippen LogP contribution is -2.49. The lowest BCUT2D eigenvalue weighted by molar-refractivity contribution is -0.114. The summed E-state index contributed by atoms with van der Waals surface area (Å²) in [5.41, 5.74) is 3.48. The average molecular weight is 591 g/mol. The smallest absolute Gasteiger partial charge is 0.258 e. The Labute approximate surface area is 250 Å². The van der Waals surface area contributed by atoms with Crippen LogP contribution < -0.4 is 0 Å². The second kappa shape index (κ2) is 13.8. The van der Waals surface area contributed by atoms with E-state index in [2.05, 4.69) is 115 Å². The van der Waals surface area contributed by atoms with Crippen molar-refractivity contribution in [3.63, 3.8) is 0 Å². The van der Waals surface area contributed by atoms with Gasteiger partial charge in [0.2, 0.25) is 0 Å². The van der Waals surface area contributed by atoms with Crippen LogP contribution in [0.3, 0.4) is 0 Å². The van der Waals surface area contributed by atoms with Crippen LogP contribution in [0.5, 0.6) is 0 Å². The SMILES string of the molecule is C=CC(=O)CC1=C(C)[C@@H](O[Si](C)(C)C(C)(C)C)C[C@@H]([C@H](/C=C/C(=C)O[Si](C(C)C)(C(C)C)C(C)C)OC)C1(C)C. The largest absolute Gasteiger partial charge is 0.543 e. The minimum Gasteiger partial charge on any atom is -0.543 e. The molecule has 3 atom stereocenters. The van der Waals surface area contributed by atoms with Gasteiger partial charge in [-0.15, -0.1) is 0 Å². The van der Waals surface area contributed by atoms with Gasteiger partial charge in [0, 0.05) is 19.4 Å². The summed E-state index contributed by atoms with van der Waals surface area (Å²) >= 11 is 0. The summed E-state index contributed by atoms with van der Waals surface area (Å²) in [4.78, 5) is 12.7. The van der Waals surface area contributed by atoms with E-state index in [1.165, 1.54) is 11.6 Å². The fourth-order valence-corrected chi connectivity index (χ4v) is 13.2. The van der Waals surface area contributed by atoms with Crippen molar-refractivity contribution in [3.8, 4) is 0 Å². The summed E-state index contributed by atoms with van der Waals surface area (Å²) in [5, 5.41) is 0.0854. The fourth-order valence-electron chi connectivity index (χ4n) is 6.65. The Hall–Kier alpha value is -1.22. The monoisotopic (exact) mass is 590 g/mol. The van der Waals surface area contributed by atoms with Crippen molar-refractivity contribution in [2.45, 2.75) is 143 Å². The Morgan fingerprint density at radius 1 is 1.07 bits per heavy atom. The minimum absolute atomic E-state index is 0.0396. The standard InChI is InChI=1S/C34H62O4Si2/c1-18-28(35)21-29-27(9)32(38-39(16,17)33(10,11)12)22-30(34(29,13)14)31(36-15)20-19-26(8)37-40(23(2)3,24(4)5)25(6)7/h18-20,23-25,30-32H,1,8,21-22H2,2-7,9-17H3/b20-19+/t30-,31-,32-/m0/s1. The average Bonchev–Trinajstić information content (AvgIpc) is 2.81. The molecule has 0 amide bonds. The van der Waals surface area contributed by atoms with Crippen LogP contribution in [-0.2, 0) is 18.4 Å². The molecule has 0 N–H and O–H groups in total. The van der Waals surface area contributed by atoms with Gasteiger partial charge < -0.3 is 13.6 Å². The third kappa shape index (κ3) is 7.99. The number of rotatable bonds is 14. The third-order valence-corrected chi connectivity index (χ3v) is 20.6. The number of methoxy groups -OCH3 is 1. The van der Waals surface area contributed by atoms with Crippen LogP contribution in [0.25, 0.3) is 0 Å². The molecule has 1 aliphatic carbocycles. The van der Waals surface area contributed by atoms with Crippen LogP contribution in [-0.4, -0.2) is 41.7 Å². The molecule has 6 heteroatoms. The van der Waals surface area contributed by atoms with E-state index in [4.69, 9.17) is 13.6 Å². The van der Waals surface area contributed by atoms with Crippen LogP contribution in [0.1, 0.15) is 95.9 Å². The predicted molar refractivity (Wildman–Crippen MR) is 178 cm³/mol. The van der Waals surface area contributed by atoms with Gasteiger partial charge in [0.05, 0.1) is 18.0 Å². The maximum Gasteiger partial charge on any atom is 0.258 e. The Bertz CT molecular complexity index is 941.